The third-order valence-electron chi connectivity index (χ3n) is 7.02. The van der Waals surface area contributed by atoms with Gasteiger partial charge in [0.15, 0.2) is 0 Å². The number of methoxy groups -OCH3 is 4. The first-order valence-electron chi connectivity index (χ1n) is 13.4. The summed E-state index contributed by atoms with van der Waals surface area (Å²) >= 11 is 0. The van der Waals surface area contributed by atoms with Crippen molar-refractivity contribution in [3.05, 3.63) is 83.4 Å². The molecule has 2 amide bonds. The number of carbonyl (C=O) groups excluding carboxylic acids is 2. The third-order valence-corrected chi connectivity index (χ3v) is 7.02. The van der Waals surface area contributed by atoms with Crippen LogP contribution in [-0.2, 0) is 16.1 Å². The van der Waals surface area contributed by atoms with Gasteiger partial charge in [-0.2, -0.15) is 0 Å². The fourth-order valence-corrected chi connectivity index (χ4v) is 4.62. The second-order valence-corrected chi connectivity index (χ2v) is 9.55. The molecule has 0 radical (unpaired) electrons. The van der Waals surface area contributed by atoms with E-state index >= 15 is 0 Å². The van der Waals surface area contributed by atoms with Crippen molar-refractivity contribution in [3.63, 3.8) is 0 Å². The van der Waals surface area contributed by atoms with Crippen molar-refractivity contribution >= 4 is 17.7 Å². The first-order valence-corrected chi connectivity index (χ1v) is 13.4. The Morgan fingerprint density at radius 3 is 2.20 bits per heavy atom. The summed E-state index contributed by atoms with van der Waals surface area (Å²) in [5, 5.41) is 2.95. The van der Waals surface area contributed by atoms with Gasteiger partial charge in [-0.3, -0.25) is 4.90 Å². The largest absolute Gasteiger partial charge is 0.497 e. The minimum Gasteiger partial charge on any atom is -0.497 e. The number of hydrogen-bond acceptors (Lipinski definition) is 8. The monoisotopic (exact) mass is 563 g/mol. The topological polar surface area (TPSA) is 98.8 Å². The van der Waals surface area contributed by atoms with E-state index in [1.165, 1.54) is 7.11 Å². The van der Waals surface area contributed by atoms with Crippen LogP contribution in [0.2, 0.25) is 0 Å². The summed E-state index contributed by atoms with van der Waals surface area (Å²) in [7, 11) is 6.15. The first kappa shape index (κ1) is 29.7. The van der Waals surface area contributed by atoms with Crippen molar-refractivity contribution in [3.8, 4) is 17.2 Å². The van der Waals surface area contributed by atoms with Crippen LogP contribution in [0, 0.1) is 0 Å². The summed E-state index contributed by atoms with van der Waals surface area (Å²) in [6.07, 6.45) is -0.230. The first-order chi connectivity index (χ1) is 19.9. The number of amides is 2. The van der Waals surface area contributed by atoms with Crippen LogP contribution in [0.25, 0.3) is 0 Å². The lowest BCUT2D eigenvalue weighted by atomic mass is 10.1. The number of hydrogen-bond donors (Lipinski definition) is 1. The molecule has 10 nitrogen and oxygen atoms in total. The Morgan fingerprint density at radius 1 is 0.829 bits per heavy atom. The standard InChI is InChI=1S/C31H37N3O7/c1-37-25-7-5-6-24(18-25)29(41-21-22-8-10-23(11-9-22)30(35)40-4)20-33-14-16-34(17-15-33)31(36)32-27-19-26(38-2)12-13-28(27)39-3/h5-13,18-19,29H,14-17,20-21H2,1-4H3,(H,32,36)/t29-/m1/s1. The van der Waals surface area contributed by atoms with E-state index in [1.807, 2.05) is 36.4 Å². The summed E-state index contributed by atoms with van der Waals surface area (Å²) in [6.45, 7) is 3.54. The molecule has 10 heteroatoms. The van der Waals surface area contributed by atoms with Crippen molar-refractivity contribution in [2.75, 3.05) is 66.5 Å². The number of nitrogens with zero attached hydrogens (tertiary/aromatic N) is 2. The van der Waals surface area contributed by atoms with Crippen LogP contribution in [0.15, 0.2) is 66.7 Å². The fraction of sp³-hybridized carbons (Fsp3) is 0.355. The predicted molar refractivity (Wildman–Crippen MR) is 155 cm³/mol. The Balaban J connectivity index is 1.38. The average molecular weight is 564 g/mol. The van der Waals surface area contributed by atoms with E-state index in [-0.39, 0.29) is 18.1 Å². The summed E-state index contributed by atoms with van der Waals surface area (Å²) < 4.78 is 27.3. The SMILES string of the molecule is COC(=O)c1ccc(CO[C@H](CN2CCN(C(=O)Nc3cc(OC)ccc3OC)CC2)c2cccc(OC)c2)cc1. The summed E-state index contributed by atoms with van der Waals surface area (Å²) in [4.78, 5) is 28.9. The van der Waals surface area contributed by atoms with E-state index in [0.29, 0.717) is 62.1 Å². The van der Waals surface area contributed by atoms with Gasteiger partial charge >= 0.3 is 12.0 Å². The molecule has 1 heterocycles. The van der Waals surface area contributed by atoms with Crippen molar-refractivity contribution < 1.29 is 33.3 Å². The molecule has 4 rings (SSSR count). The normalized spacial score (nSPS) is 14.2. The molecule has 0 bridgehead atoms. The number of benzene rings is 3. The number of carbonyl (C=O) groups is 2. The van der Waals surface area contributed by atoms with Crippen molar-refractivity contribution in [2.24, 2.45) is 0 Å². The van der Waals surface area contributed by atoms with E-state index in [4.69, 9.17) is 23.7 Å². The summed E-state index contributed by atoms with van der Waals surface area (Å²) in [5.74, 6) is 1.58. The molecule has 1 N–H and O–H groups in total. The van der Waals surface area contributed by atoms with E-state index in [0.717, 1.165) is 16.9 Å². The maximum atomic E-state index is 13.0. The van der Waals surface area contributed by atoms with Gasteiger partial charge < -0.3 is 33.9 Å². The molecule has 0 spiro atoms. The van der Waals surface area contributed by atoms with Crippen LogP contribution < -0.4 is 19.5 Å². The molecular formula is C31H37N3O7. The summed E-state index contributed by atoms with van der Waals surface area (Å²) in [5.41, 5.74) is 3.00. The maximum absolute atomic E-state index is 13.0. The highest BCUT2D eigenvalue weighted by molar-refractivity contribution is 5.91. The molecule has 1 aliphatic rings. The fourth-order valence-electron chi connectivity index (χ4n) is 4.62. The number of esters is 1. The van der Waals surface area contributed by atoms with Gasteiger partial charge in [0.05, 0.1) is 52.4 Å². The number of anilines is 1. The Kier molecular flexibility index (Phi) is 10.4. The zero-order valence-electron chi connectivity index (χ0n) is 23.9. The predicted octanol–water partition coefficient (Wildman–Crippen LogP) is 4.61. The van der Waals surface area contributed by atoms with Gasteiger partial charge in [0.1, 0.15) is 17.2 Å². The Morgan fingerprint density at radius 2 is 1.54 bits per heavy atom. The lowest BCUT2D eigenvalue weighted by Crippen LogP contribution is -2.50. The van der Waals surface area contributed by atoms with Crippen LogP contribution in [0.3, 0.4) is 0 Å². The molecule has 1 saturated heterocycles. The molecule has 1 atom stereocenters. The van der Waals surface area contributed by atoms with Gasteiger partial charge in [0.2, 0.25) is 0 Å². The molecule has 41 heavy (non-hydrogen) atoms. The molecule has 0 aromatic heterocycles. The maximum Gasteiger partial charge on any atom is 0.337 e. The van der Waals surface area contributed by atoms with E-state index < -0.39 is 0 Å². The van der Waals surface area contributed by atoms with Gasteiger partial charge in [-0.15, -0.1) is 0 Å². The Hall–Kier alpha value is -4.28. The Labute approximate surface area is 240 Å². The van der Waals surface area contributed by atoms with Crippen molar-refractivity contribution in [2.45, 2.75) is 12.7 Å². The van der Waals surface area contributed by atoms with E-state index in [9.17, 15) is 9.59 Å². The Bertz CT molecular complexity index is 1310. The summed E-state index contributed by atoms with van der Waals surface area (Å²) in [6, 6.07) is 20.2. The van der Waals surface area contributed by atoms with Crippen LogP contribution in [-0.4, -0.2) is 83.0 Å². The third kappa shape index (κ3) is 7.90. The van der Waals surface area contributed by atoms with Gasteiger partial charge in [-0.1, -0.05) is 24.3 Å². The molecule has 0 unspecified atom stereocenters. The van der Waals surface area contributed by atoms with Gasteiger partial charge in [-0.05, 0) is 47.5 Å². The zero-order valence-corrected chi connectivity index (χ0v) is 23.9. The number of ether oxygens (including phenoxy) is 5. The molecule has 3 aromatic carbocycles. The van der Waals surface area contributed by atoms with Crippen LogP contribution in [0.4, 0.5) is 10.5 Å². The molecule has 0 saturated carbocycles. The number of piperazine rings is 1. The number of nitrogens with one attached hydrogen (secondary N) is 1. The number of rotatable bonds is 11. The lowest BCUT2D eigenvalue weighted by Gasteiger charge is -2.36. The van der Waals surface area contributed by atoms with Gasteiger partial charge in [0.25, 0.3) is 0 Å². The quantitative estimate of drug-likeness (QED) is 0.338. The van der Waals surface area contributed by atoms with Gasteiger partial charge in [-0.25, -0.2) is 9.59 Å². The van der Waals surface area contributed by atoms with E-state index in [2.05, 4.69) is 10.2 Å². The van der Waals surface area contributed by atoms with Crippen LogP contribution >= 0.6 is 0 Å². The molecular weight excluding hydrogens is 526 g/mol. The zero-order chi connectivity index (χ0) is 29.2. The second kappa shape index (κ2) is 14.4. The second-order valence-electron chi connectivity index (χ2n) is 9.55. The highest BCUT2D eigenvalue weighted by atomic mass is 16.5. The van der Waals surface area contributed by atoms with Crippen LogP contribution in [0.1, 0.15) is 27.6 Å². The molecule has 0 aliphatic carbocycles. The minimum atomic E-state index is -0.373. The number of urea groups is 1. The van der Waals surface area contributed by atoms with Crippen molar-refractivity contribution in [1.82, 2.24) is 9.80 Å². The molecule has 1 fully saturated rings. The molecule has 218 valence electrons. The van der Waals surface area contributed by atoms with Crippen LogP contribution in [0.5, 0.6) is 17.2 Å². The van der Waals surface area contributed by atoms with Gasteiger partial charge in [0, 0.05) is 38.8 Å². The minimum absolute atomic E-state index is 0.188. The lowest BCUT2D eigenvalue weighted by molar-refractivity contribution is 0.00582. The highest BCUT2D eigenvalue weighted by Gasteiger charge is 2.25. The molecule has 3 aromatic rings. The smallest absolute Gasteiger partial charge is 0.337 e. The van der Waals surface area contributed by atoms with E-state index in [1.54, 1.807) is 56.6 Å². The highest BCUT2D eigenvalue weighted by Crippen LogP contribution is 2.29. The molecule has 1 aliphatic heterocycles. The average Bonchev–Trinajstić information content (AvgIpc) is 3.03. The van der Waals surface area contributed by atoms with Crippen molar-refractivity contribution in [1.29, 1.82) is 0 Å².